The molecule has 0 N–H and O–H groups in total. The zero-order valence-electron chi connectivity index (χ0n) is 22.1. The van der Waals surface area contributed by atoms with Gasteiger partial charge in [0.25, 0.3) is 0 Å². The van der Waals surface area contributed by atoms with E-state index in [-0.39, 0.29) is 0 Å². The third-order valence-corrected chi connectivity index (χ3v) is 8.92. The number of piperidine rings is 1. The Labute approximate surface area is 209 Å². The van der Waals surface area contributed by atoms with Gasteiger partial charge in [-0.05, 0) is 97.4 Å². The molecule has 1 aliphatic heterocycles. The minimum absolute atomic E-state index is 0.522. The van der Waals surface area contributed by atoms with Gasteiger partial charge in [0.2, 0.25) is 0 Å². The summed E-state index contributed by atoms with van der Waals surface area (Å²) in [5.41, 5.74) is 7.60. The van der Waals surface area contributed by atoms with Crippen LogP contribution in [0.1, 0.15) is 106 Å². The average molecular weight is 458 g/mol. The third-order valence-electron chi connectivity index (χ3n) is 8.92. The van der Waals surface area contributed by atoms with Crippen LogP contribution in [0.25, 0.3) is 5.70 Å². The number of aryl methyl sites for hydroxylation is 2. The molecule has 0 amide bonds. The van der Waals surface area contributed by atoms with Crippen molar-refractivity contribution in [3.8, 4) is 0 Å². The lowest BCUT2D eigenvalue weighted by atomic mass is 9.59. The van der Waals surface area contributed by atoms with E-state index >= 15 is 0 Å². The quantitative estimate of drug-likeness (QED) is 0.339. The van der Waals surface area contributed by atoms with E-state index in [9.17, 15) is 0 Å². The van der Waals surface area contributed by atoms with Crippen molar-refractivity contribution in [1.29, 1.82) is 0 Å². The highest BCUT2D eigenvalue weighted by Crippen LogP contribution is 2.53. The lowest BCUT2D eigenvalue weighted by Crippen LogP contribution is -2.43. The van der Waals surface area contributed by atoms with Crippen molar-refractivity contribution in [2.75, 3.05) is 13.1 Å². The Hall–Kier alpha value is -2.02. The summed E-state index contributed by atoms with van der Waals surface area (Å²) >= 11 is 0. The van der Waals surface area contributed by atoms with Gasteiger partial charge in [-0.15, -0.1) is 0 Å². The van der Waals surface area contributed by atoms with Crippen LogP contribution in [-0.2, 0) is 6.42 Å². The predicted octanol–water partition coefficient (Wildman–Crippen LogP) is 9.16. The van der Waals surface area contributed by atoms with Crippen molar-refractivity contribution in [3.05, 3.63) is 77.4 Å². The van der Waals surface area contributed by atoms with Crippen molar-refractivity contribution < 1.29 is 0 Å². The Morgan fingerprint density at radius 3 is 2.41 bits per heavy atom. The Morgan fingerprint density at radius 2 is 1.74 bits per heavy atom. The van der Waals surface area contributed by atoms with Gasteiger partial charge in [0.15, 0.2) is 0 Å². The molecule has 1 saturated heterocycles. The van der Waals surface area contributed by atoms with Crippen LogP contribution in [0.4, 0.5) is 0 Å². The molecule has 2 aromatic rings. The summed E-state index contributed by atoms with van der Waals surface area (Å²) in [7, 11) is 0. The number of benzene rings is 2. The van der Waals surface area contributed by atoms with Crippen LogP contribution < -0.4 is 0 Å². The molecule has 2 aromatic carbocycles. The standard InChI is InChI=1S/C33H47N/c1-5-7-9-13-29-16-17-31(22-26(29)3)27(4)34-20-18-33(19-21-34)24-28(12-6-2)23-32(25-33)30-14-10-8-11-15-30/h8,10-11,14-17,22,28,32H,4-7,9,12-13,18-21,23-25H2,1-3H3. The normalized spacial score (nSPS) is 22.1. The molecule has 1 nitrogen and oxygen atoms in total. The number of likely N-dealkylation sites (tertiary alicyclic amines) is 1. The fourth-order valence-corrected chi connectivity index (χ4v) is 6.96. The van der Waals surface area contributed by atoms with Gasteiger partial charge in [-0.1, -0.05) is 88.6 Å². The molecule has 1 heteroatoms. The van der Waals surface area contributed by atoms with E-state index in [0.717, 1.165) is 24.9 Å². The second kappa shape index (κ2) is 11.6. The fourth-order valence-electron chi connectivity index (χ4n) is 6.96. The molecule has 2 fully saturated rings. The zero-order valence-corrected chi connectivity index (χ0v) is 22.1. The number of unbranched alkanes of at least 4 members (excludes halogenated alkanes) is 2. The van der Waals surface area contributed by atoms with E-state index in [1.807, 2.05) is 0 Å². The van der Waals surface area contributed by atoms with Gasteiger partial charge in [0.05, 0.1) is 0 Å². The molecule has 2 unspecified atom stereocenters. The van der Waals surface area contributed by atoms with Crippen LogP contribution in [0, 0.1) is 18.3 Å². The first kappa shape index (κ1) is 25.1. The van der Waals surface area contributed by atoms with Crippen LogP contribution in [0.15, 0.2) is 55.1 Å². The highest BCUT2D eigenvalue weighted by atomic mass is 15.1. The fraction of sp³-hybridized carbons (Fsp3) is 0.576. The van der Waals surface area contributed by atoms with E-state index in [0.29, 0.717) is 5.41 Å². The predicted molar refractivity (Wildman–Crippen MR) is 148 cm³/mol. The van der Waals surface area contributed by atoms with E-state index in [4.69, 9.17) is 0 Å². The van der Waals surface area contributed by atoms with Gasteiger partial charge in [0.1, 0.15) is 0 Å². The van der Waals surface area contributed by atoms with Crippen molar-refractivity contribution in [2.24, 2.45) is 11.3 Å². The van der Waals surface area contributed by atoms with Crippen LogP contribution in [-0.4, -0.2) is 18.0 Å². The molecule has 1 spiro atoms. The van der Waals surface area contributed by atoms with Crippen LogP contribution >= 0.6 is 0 Å². The Morgan fingerprint density at radius 1 is 0.971 bits per heavy atom. The summed E-state index contributed by atoms with van der Waals surface area (Å²) < 4.78 is 0. The first-order chi connectivity index (χ1) is 16.5. The first-order valence-corrected chi connectivity index (χ1v) is 14.1. The molecule has 0 radical (unpaired) electrons. The highest BCUT2D eigenvalue weighted by Gasteiger charge is 2.42. The average Bonchev–Trinajstić information content (AvgIpc) is 2.86. The lowest BCUT2D eigenvalue weighted by molar-refractivity contribution is 0.0510. The maximum atomic E-state index is 4.56. The van der Waals surface area contributed by atoms with E-state index in [1.165, 1.54) is 93.0 Å². The molecule has 1 heterocycles. The van der Waals surface area contributed by atoms with Crippen molar-refractivity contribution in [2.45, 2.75) is 97.3 Å². The summed E-state index contributed by atoms with van der Waals surface area (Å²) in [5.74, 6) is 1.63. The van der Waals surface area contributed by atoms with Gasteiger partial charge in [-0.3, -0.25) is 0 Å². The monoisotopic (exact) mass is 457 g/mol. The summed E-state index contributed by atoms with van der Waals surface area (Å²) in [6.07, 6.45) is 14.7. The smallest absolute Gasteiger partial charge is 0.0366 e. The van der Waals surface area contributed by atoms with E-state index < -0.39 is 0 Å². The zero-order chi connectivity index (χ0) is 24.0. The molecule has 184 valence electrons. The van der Waals surface area contributed by atoms with Gasteiger partial charge in [0, 0.05) is 18.8 Å². The maximum absolute atomic E-state index is 4.56. The first-order valence-electron chi connectivity index (χ1n) is 14.1. The second-order valence-electron chi connectivity index (χ2n) is 11.4. The minimum Gasteiger partial charge on any atom is -0.371 e. The maximum Gasteiger partial charge on any atom is 0.0366 e. The molecule has 1 aliphatic carbocycles. The van der Waals surface area contributed by atoms with Crippen molar-refractivity contribution in [1.82, 2.24) is 4.90 Å². The summed E-state index contributed by atoms with van der Waals surface area (Å²) in [4.78, 5) is 2.58. The van der Waals surface area contributed by atoms with E-state index in [2.05, 4.69) is 80.8 Å². The van der Waals surface area contributed by atoms with Gasteiger partial charge in [-0.25, -0.2) is 0 Å². The number of nitrogens with zero attached hydrogens (tertiary/aromatic N) is 1. The molecule has 0 aromatic heterocycles. The largest absolute Gasteiger partial charge is 0.371 e. The minimum atomic E-state index is 0.522. The van der Waals surface area contributed by atoms with Crippen LogP contribution in [0.2, 0.25) is 0 Å². The molecule has 0 bridgehead atoms. The van der Waals surface area contributed by atoms with Gasteiger partial charge in [-0.2, -0.15) is 0 Å². The van der Waals surface area contributed by atoms with Crippen molar-refractivity contribution >= 4 is 5.70 Å². The van der Waals surface area contributed by atoms with Crippen molar-refractivity contribution in [3.63, 3.8) is 0 Å². The van der Waals surface area contributed by atoms with Gasteiger partial charge < -0.3 is 4.90 Å². The summed E-state index contributed by atoms with van der Waals surface area (Å²) in [5, 5.41) is 0. The molecule has 34 heavy (non-hydrogen) atoms. The number of rotatable bonds is 9. The summed E-state index contributed by atoms with van der Waals surface area (Å²) in [6.45, 7) is 13.8. The highest BCUT2D eigenvalue weighted by molar-refractivity contribution is 5.63. The van der Waals surface area contributed by atoms with Gasteiger partial charge >= 0.3 is 0 Å². The lowest BCUT2D eigenvalue weighted by Gasteiger charge is -2.50. The molecule has 2 aliphatic rings. The molecular weight excluding hydrogens is 410 g/mol. The SMILES string of the molecule is C=C(c1ccc(CCCCC)c(C)c1)N1CCC2(CC1)CC(CCC)CC(c1ccccc1)C2. The Balaban J connectivity index is 1.41. The van der Waals surface area contributed by atoms with Crippen LogP contribution in [0.5, 0.6) is 0 Å². The molecule has 4 rings (SSSR count). The third kappa shape index (κ3) is 5.96. The number of hydrogen-bond acceptors (Lipinski definition) is 1. The number of hydrogen-bond donors (Lipinski definition) is 0. The van der Waals surface area contributed by atoms with Crippen LogP contribution in [0.3, 0.4) is 0 Å². The molecule has 1 saturated carbocycles. The summed E-state index contributed by atoms with van der Waals surface area (Å²) in [6, 6.07) is 18.4. The molecule has 2 atom stereocenters. The topological polar surface area (TPSA) is 3.24 Å². The molecular formula is C33H47N. The second-order valence-corrected chi connectivity index (χ2v) is 11.4. The van der Waals surface area contributed by atoms with E-state index in [1.54, 1.807) is 5.56 Å². The Bertz CT molecular complexity index is 919. The Kier molecular flexibility index (Phi) is 8.56.